The van der Waals surface area contributed by atoms with Gasteiger partial charge in [-0.15, -0.1) is 0 Å². The monoisotopic (exact) mass is 434 g/mol. The van der Waals surface area contributed by atoms with Gasteiger partial charge in [-0.25, -0.2) is 9.37 Å². The fourth-order valence-corrected chi connectivity index (χ4v) is 3.94. The van der Waals surface area contributed by atoms with Crippen LogP contribution in [0.3, 0.4) is 0 Å². The van der Waals surface area contributed by atoms with E-state index in [1.165, 1.54) is 24.5 Å². The summed E-state index contributed by atoms with van der Waals surface area (Å²) in [7, 11) is 2.04. The molecule has 0 spiro atoms. The van der Waals surface area contributed by atoms with Gasteiger partial charge in [0.05, 0.1) is 11.1 Å². The van der Waals surface area contributed by atoms with Crippen LogP contribution in [0.5, 0.6) is 0 Å². The minimum Gasteiger partial charge on any atom is -0.336 e. The zero-order valence-corrected chi connectivity index (χ0v) is 18.1. The molecule has 2 aliphatic heterocycles. The molecule has 8 nitrogen and oxygen atoms in total. The molecule has 0 bridgehead atoms. The van der Waals surface area contributed by atoms with Crippen molar-refractivity contribution in [3.05, 3.63) is 58.5 Å². The zero-order valence-electron chi connectivity index (χ0n) is 18.1. The van der Waals surface area contributed by atoms with Crippen LogP contribution in [-0.4, -0.2) is 65.5 Å². The van der Waals surface area contributed by atoms with Gasteiger partial charge in [-0.1, -0.05) is 0 Å². The number of aryl methyl sites for hydroxylation is 1. The Balaban J connectivity index is 1.50. The molecule has 4 rings (SSSR count). The molecule has 9 heteroatoms. The number of hydrazone groups is 1. The maximum absolute atomic E-state index is 14.1. The minimum absolute atomic E-state index is 0.0674. The number of carbonyl (C=O) groups excluding carboxylic acids is 2. The Hall–Kier alpha value is -3.64. The van der Waals surface area contributed by atoms with Crippen LogP contribution in [0.25, 0.3) is 0 Å². The third kappa shape index (κ3) is 3.85. The molecule has 2 aliphatic rings. The van der Waals surface area contributed by atoms with E-state index in [-0.39, 0.29) is 29.2 Å². The Bertz CT molecular complexity index is 1140. The van der Waals surface area contributed by atoms with Crippen molar-refractivity contribution in [3.8, 4) is 6.07 Å². The molecule has 3 heterocycles. The quantitative estimate of drug-likeness (QED) is 0.739. The first kappa shape index (κ1) is 21.6. The Labute approximate surface area is 185 Å². The zero-order chi connectivity index (χ0) is 23.0. The second kappa shape index (κ2) is 8.48. The van der Waals surface area contributed by atoms with E-state index in [0.29, 0.717) is 29.8 Å². The predicted molar refractivity (Wildman–Crippen MR) is 117 cm³/mol. The SMILES string of the molecule is Cc1cc(C#N)c(F)cc1C1C=NN(c2ccc(C(=O)N3CCN(C)[C@H](C)C3)cn2)C1=O. The fraction of sp³-hybridized carbons (Fsp3) is 0.348. The van der Waals surface area contributed by atoms with Gasteiger partial charge in [-0.05, 0) is 56.3 Å². The molecule has 0 aliphatic carbocycles. The number of hydrogen-bond donors (Lipinski definition) is 0. The van der Waals surface area contributed by atoms with E-state index in [0.717, 1.165) is 11.6 Å². The summed E-state index contributed by atoms with van der Waals surface area (Å²) >= 11 is 0. The van der Waals surface area contributed by atoms with Crippen molar-refractivity contribution in [1.29, 1.82) is 5.26 Å². The molecule has 1 unspecified atom stereocenters. The van der Waals surface area contributed by atoms with Crippen molar-refractivity contribution in [2.75, 3.05) is 31.7 Å². The highest BCUT2D eigenvalue weighted by Crippen LogP contribution is 2.29. The average molecular weight is 434 g/mol. The van der Waals surface area contributed by atoms with E-state index in [1.54, 1.807) is 30.0 Å². The van der Waals surface area contributed by atoms with Gasteiger partial charge in [0.2, 0.25) is 0 Å². The summed E-state index contributed by atoms with van der Waals surface area (Å²) in [5.41, 5.74) is 1.46. The van der Waals surface area contributed by atoms with Crippen LogP contribution < -0.4 is 5.01 Å². The van der Waals surface area contributed by atoms with E-state index in [4.69, 9.17) is 5.26 Å². The van der Waals surface area contributed by atoms with Crippen molar-refractivity contribution < 1.29 is 14.0 Å². The van der Waals surface area contributed by atoms with Crippen LogP contribution in [0.4, 0.5) is 10.2 Å². The molecular weight excluding hydrogens is 411 g/mol. The first-order valence-electron chi connectivity index (χ1n) is 10.3. The molecule has 164 valence electrons. The van der Waals surface area contributed by atoms with Crippen LogP contribution in [0.15, 0.2) is 35.6 Å². The molecule has 1 saturated heterocycles. The second-order valence-electron chi connectivity index (χ2n) is 8.18. The van der Waals surface area contributed by atoms with Crippen LogP contribution in [0.1, 0.15) is 39.9 Å². The molecule has 2 aromatic rings. The predicted octanol–water partition coefficient (Wildman–Crippen LogP) is 2.29. The number of nitrogens with zero attached hydrogens (tertiary/aromatic N) is 6. The van der Waals surface area contributed by atoms with Crippen molar-refractivity contribution in [3.63, 3.8) is 0 Å². The smallest absolute Gasteiger partial charge is 0.261 e. The largest absolute Gasteiger partial charge is 0.336 e. The number of aromatic nitrogens is 1. The van der Waals surface area contributed by atoms with Gasteiger partial charge in [0.15, 0.2) is 5.82 Å². The number of amides is 2. The molecule has 2 amide bonds. The average Bonchev–Trinajstić information content (AvgIpc) is 3.17. The Morgan fingerprint density at radius 1 is 1.28 bits per heavy atom. The van der Waals surface area contributed by atoms with Gasteiger partial charge in [0, 0.05) is 38.1 Å². The van der Waals surface area contributed by atoms with E-state index >= 15 is 0 Å². The van der Waals surface area contributed by atoms with Crippen LogP contribution >= 0.6 is 0 Å². The highest BCUT2D eigenvalue weighted by Gasteiger charge is 2.33. The Morgan fingerprint density at radius 2 is 2.06 bits per heavy atom. The molecule has 32 heavy (non-hydrogen) atoms. The normalized spacial score (nSPS) is 21.2. The number of rotatable bonds is 3. The number of pyridine rings is 1. The molecular formula is C23H23FN6O2. The number of halogens is 1. The van der Waals surface area contributed by atoms with Crippen molar-refractivity contribution >= 4 is 23.8 Å². The number of benzene rings is 1. The lowest BCUT2D eigenvalue weighted by Gasteiger charge is -2.37. The van der Waals surface area contributed by atoms with E-state index < -0.39 is 11.7 Å². The number of hydrogen-bond acceptors (Lipinski definition) is 6. The van der Waals surface area contributed by atoms with Gasteiger partial charge in [-0.2, -0.15) is 15.4 Å². The lowest BCUT2D eigenvalue weighted by Crippen LogP contribution is -2.52. The van der Waals surface area contributed by atoms with E-state index in [2.05, 4.69) is 21.9 Å². The summed E-state index contributed by atoms with van der Waals surface area (Å²) in [6, 6.07) is 7.92. The Morgan fingerprint density at radius 3 is 2.72 bits per heavy atom. The lowest BCUT2D eigenvalue weighted by molar-refractivity contribution is -0.118. The maximum Gasteiger partial charge on any atom is 0.261 e. The van der Waals surface area contributed by atoms with E-state index in [1.807, 2.05) is 7.05 Å². The molecule has 1 fully saturated rings. The van der Waals surface area contributed by atoms with Gasteiger partial charge < -0.3 is 9.80 Å². The number of piperazine rings is 1. The summed E-state index contributed by atoms with van der Waals surface area (Å²) < 4.78 is 14.1. The lowest BCUT2D eigenvalue weighted by atomic mass is 9.93. The molecule has 1 aromatic heterocycles. The topological polar surface area (TPSA) is 92.9 Å². The van der Waals surface area contributed by atoms with Gasteiger partial charge in [0.1, 0.15) is 17.8 Å². The second-order valence-corrected chi connectivity index (χ2v) is 8.18. The summed E-state index contributed by atoms with van der Waals surface area (Å²) in [6.45, 7) is 5.91. The van der Waals surface area contributed by atoms with Crippen molar-refractivity contribution in [2.45, 2.75) is 25.8 Å². The van der Waals surface area contributed by atoms with Crippen LogP contribution in [-0.2, 0) is 4.79 Å². The third-order valence-corrected chi connectivity index (χ3v) is 6.08. The summed E-state index contributed by atoms with van der Waals surface area (Å²) in [5.74, 6) is -1.64. The van der Waals surface area contributed by atoms with Crippen LogP contribution in [0.2, 0.25) is 0 Å². The van der Waals surface area contributed by atoms with Gasteiger partial charge >= 0.3 is 0 Å². The number of carbonyl (C=O) groups is 2. The summed E-state index contributed by atoms with van der Waals surface area (Å²) in [4.78, 5) is 34.0. The molecule has 0 N–H and O–H groups in total. The number of anilines is 1. The molecule has 1 aromatic carbocycles. The minimum atomic E-state index is -0.771. The Kier molecular flexibility index (Phi) is 5.72. The highest BCUT2D eigenvalue weighted by molar-refractivity contribution is 6.12. The van der Waals surface area contributed by atoms with Gasteiger partial charge in [0.25, 0.3) is 11.8 Å². The van der Waals surface area contributed by atoms with Crippen molar-refractivity contribution in [1.82, 2.24) is 14.8 Å². The molecule has 0 radical (unpaired) electrons. The number of likely N-dealkylation sites (N-methyl/N-ethyl adjacent to an activating group) is 1. The van der Waals surface area contributed by atoms with Gasteiger partial charge in [-0.3, -0.25) is 9.59 Å². The van der Waals surface area contributed by atoms with E-state index in [9.17, 15) is 14.0 Å². The summed E-state index contributed by atoms with van der Waals surface area (Å²) in [6.07, 6.45) is 2.88. The molecule has 2 atom stereocenters. The first-order valence-corrected chi connectivity index (χ1v) is 10.3. The highest BCUT2D eigenvalue weighted by atomic mass is 19.1. The fourth-order valence-electron chi connectivity index (χ4n) is 3.94. The maximum atomic E-state index is 14.1. The third-order valence-electron chi connectivity index (χ3n) is 6.08. The standard InChI is InChI=1S/C23H23FN6O2/c1-14-8-17(10-25)20(24)9-18(14)19-12-27-30(23(19)32)21-5-4-16(11-26-21)22(31)29-7-6-28(3)15(2)13-29/h4-5,8-9,11-12,15,19H,6-7,13H2,1-3H3/t15-,19?/m1/s1. The van der Waals surface area contributed by atoms with Crippen molar-refractivity contribution in [2.24, 2.45) is 5.10 Å². The van der Waals surface area contributed by atoms with Crippen LogP contribution in [0, 0.1) is 24.1 Å². The molecule has 0 saturated carbocycles. The number of nitriles is 1. The first-order chi connectivity index (χ1) is 15.3. The summed E-state index contributed by atoms with van der Waals surface area (Å²) in [5, 5.41) is 14.3.